The molecule has 7 rings (SSSR count). The summed E-state index contributed by atoms with van der Waals surface area (Å²) >= 11 is 0. The number of hydrogen-bond acceptors (Lipinski definition) is 16. The molecule has 0 radical (unpaired) electrons. The van der Waals surface area contributed by atoms with Crippen molar-refractivity contribution in [2.45, 2.75) is 103 Å². The van der Waals surface area contributed by atoms with E-state index >= 15 is 0 Å². The fourth-order valence-corrected chi connectivity index (χ4v) is 9.65. The third kappa shape index (κ3) is 18.1. The zero-order chi connectivity index (χ0) is 57.6. The first-order valence-electron chi connectivity index (χ1n) is 21.6. The van der Waals surface area contributed by atoms with Gasteiger partial charge in [0.25, 0.3) is 11.4 Å². The van der Waals surface area contributed by atoms with Crippen LogP contribution in [0.15, 0.2) is 51.3 Å². The highest BCUT2D eigenvalue weighted by Gasteiger charge is 2.62. The molecule has 0 fully saturated rings. The summed E-state index contributed by atoms with van der Waals surface area (Å²) in [4.78, 5) is 20.7. The maximum atomic E-state index is 12.4. The van der Waals surface area contributed by atoms with Gasteiger partial charge in [-0.05, 0) is 45.3 Å². The van der Waals surface area contributed by atoms with Gasteiger partial charge in [0, 0.05) is 69.1 Å². The van der Waals surface area contributed by atoms with E-state index in [2.05, 4.69) is 38.7 Å². The number of para-hydroxylation sites is 1. The van der Waals surface area contributed by atoms with Crippen LogP contribution < -0.4 is 13.5 Å². The molecule has 1 aromatic carbocycles. The van der Waals surface area contributed by atoms with Crippen molar-refractivity contribution in [3.63, 3.8) is 0 Å². The summed E-state index contributed by atoms with van der Waals surface area (Å²) in [5, 5.41) is 11.4. The van der Waals surface area contributed by atoms with Crippen LogP contribution in [0.1, 0.15) is 77.9 Å². The molecular weight excluding hydrogens is 1130 g/mol. The molecule has 0 spiro atoms. The highest BCUT2D eigenvalue weighted by molar-refractivity contribution is 8.11. The van der Waals surface area contributed by atoms with Gasteiger partial charge in [-0.3, -0.25) is 15.0 Å². The molecule has 4 aliphatic rings. The Hall–Kier alpha value is -4.91. The molecule has 20 nitrogen and oxygen atoms in total. The molecule has 36 heteroatoms. The molecule has 3 aromatic rings. The lowest BCUT2D eigenvalue weighted by Gasteiger charge is -2.25. The molecule has 75 heavy (non-hydrogen) atoms. The molecule has 0 amide bonds. The van der Waals surface area contributed by atoms with E-state index in [1.807, 2.05) is 58.4 Å². The van der Waals surface area contributed by atoms with E-state index in [1.165, 1.54) is 0 Å². The molecule has 0 aliphatic carbocycles. The van der Waals surface area contributed by atoms with E-state index in [0.717, 1.165) is 61.1 Å². The maximum absolute atomic E-state index is 12.4. The summed E-state index contributed by atoms with van der Waals surface area (Å²) < 4.78 is 242. The highest BCUT2D eigenvalue weighted by Crippen LogP contribution is 2.39. The van der Waals surface area contributed by atoms with Crippen LogP contribution in [-0.2, 0) is 70.4 Å². The topological polar surface area (TPSA) is 258 Å². The van der Waals surface area contributed by atoms with E-state index in [0.29, 0.717) is 54.9 Å². The van der Waals surface area contributed by atoms with Crippen LogP contribution >= 0.6 is 0 Å². The molecule has 4 aliphatic heterocycles. The lowest BCUT2D eigenvalue weighted by atomic mass is 10.0. The lowest BCUT2D eigenvalue weighted by Crippen LogP contribution is -2.49. The van der Waals surface area contributed by atoms with Gasteiger partial charge in [0.05, 0.1) is 23.4 Å². The fourth-order valence-electron chi connectivity index (χ4n) is 6.04. The summed E-state index contributed by atoms with van der Waals surface area (Å²) in [7, 11) is -19.3. The second kappa shape index (κ2) is 27.9. The standard InChI is InChI=1S/C9H11F3N2O3S.C8H5F6NO4S2.C8H10F3N3O3S.C7H11N3O.3C2H6.CH4/c1-14-3-2-6-4-13-8(7(6)5-14)17-18(15,16)9(10,11)12;9-7(10,11)20(16,17)15(6-4-2-1-3-5-6)21(18,19)8(12,13)14;1-14-3-2-6-5(4-14)7(13-12-6)17-18(15,16)8(9,10)11;1-10-3-2-6-5(4-10)7(11)9-8-6;3*1-2;/h2-5H2,1H3;1-5H;2-4H2,1H3,(H,12,13);2-4H2,1H3,(H2,8,9,11);3*1-2H3;1H4. The van der Waals surface area contributed by atoms with Gasteiger partial charge in [0.1, 0.15) is 0 Å². The predicted octanol–water partition coefficient (Wildman–Crippen LogP) is 7.12. The van der Waals surface area contributed by atoms with Crippen molar-refractivity contribution in [1.82, 2.24) is 35.1 Å². The SMILES string of the molecule is C.CC.CC.CC.CN1CCC2=C(C1)C(OS(=O)(=O)C(F)(F)F)=NC2.CN1CCc2[nH][nH]c(=O)c2C1.CN1CCc2[nH]nc(OS(=O)(=O)C(F)(F)F)c2C1.O=S(=O)(N(c1ccccc1)S(=O)(=O)C(F)(F)F)C(F)(F)F. The van der Waals surface area contributed by atoms with E-state index < -0.39 is 83.5 Å². The van der Waals surface area contributed by atoms with Crippen molar-refractivity contribution in [3.8, 4) is 5.88 Å². The smallest absolute Gasteiger partial charge is 0.355 e. The van der Waals surface area contributed by atoms with Gasteiger partial charge in [-0.15, -0.1) is 8.81 Å². The average molecular weight is 1190 g/mol. The van der Waals surface area contributed by atoms with Gasteiger partial charge in [-0.2, -0.15) is 86.4 Å². The fraction of sp³-hybridized carbons (Fsp3) is 0.615. The third-order valence-electron chi connectivity index (χ3n) is 9.48. The van der Waals surface area contributed by atoms with Gasteiger partial charge < -0.3 is 28.2 Å². The number of rotatable bonds is 6. The minimum absolute atomic E-state index is 0. The van der Waals surface area contributed by atoms with Crippen LogP contribution in [0.3, 0.4) is 0 Å². The van der Waals surface area contributed by atoms with Gasteiger partial charge in [0.15, 0.2) is 0 Å². The van der Waals surface area contributed by atoms with Gasteiger partial charge in [-0.25, -0.2) is 4.99 Å². The second-order valence-corrected chi connectivity index (χ2v) is 21.5. The quantitative estimate of drug-likeness (QED) is 0.126. The molecule has 0 saturated carbocycles. The summed E-state index contributed by atoms with van der Waals surface area (Å²) in [6, 6.07) is 3.85. The van der Waals surface area contributed by atoms with Gasteiger partial charge in [-0.1, -0.05) is 67.2 Å². The molecule has 0 saturated heterocycles. The number of likely N-dealkylation sites (N-methyl/N-ethyl adjacent to an activating group) is 3. The molecule has 6 heterocycles. The van der Waals surface area contributed by atoms with Gasteiger partial charge in [0.2, 0.25) is 5.90 Å². The Morgan fingerprint density at radius 1 is 0.573 bits per heavy atom. The number of nitrogens with zero attached hydrogens (tertiary/aromatic N) is 6. The minimum atomic E-state index is -6.81. The number of benzene rings is 1. The largest absolute Gasteiger partial charge is 0.534 e. The number of sulfonamides is 2. The Bertz CT molecular complexity index is 2820. The molecule has 434 valence electrons. The van der Waals surface area contributed by atoms with Crippen molar-refractivity contribution in [1.29, 1.82) is 0 Å². The summed E-state index contributed by atoms with van der Waals surface area (Å²) in [5.74, 6) is -0.956. The first-order valence-corrected chi connectivity index (χ1v) is 27.3. The molecule has 0 atom stereocenters. The Kier molecular flexibility index (Phi) is 26.1. The van der Waals surface area contributed by atoms with Crippen LogP contribution in [0.25, 0.3) is 0 Å². The number of aromatic amines is 3. The van der Waals surface area contributed by atoms with E-state index in [-0.39, 0.29) is 26.1 Å². The summed E-state index contributed by atoms with van der Waals surface area (Å²) in [6.45, 7) is 16.1. The number of alkyl halides is 12. The molecule has 0 unspecified atom stereocenters. The summed E-state index contributed by atoms with van der Waals surface area (Å²) in [5.41, 5.74) is -20.4. The Labute approximate surface area is 426 Å². The third-order valence-corrected chi connectivity index (χ3v) is 15.0. The number of hydrogen-bond donors (Lipinski definition) is 3. The van der Waals surface area contributed by atoms with Crippen molar-refractivity contribution in [2.24, 2.45) is 4.99 Å². The van der Waals surface area contributed by atoms with Crippen LogP contribution in [-0.4, -0.2) is 151 Å². The highest BCUT2D eigenvalue weighted by atomic mass is 32.3. The van der Waals surface area contributed by atoms with Crippen molar-refractivity contribution < 1.29 is 94.7 Å². The lowest BCUT2D eigenvalue weighted by molar-refractivity contribution is -0.0508. The number of H-pyrrole nitrogens is 3. The van der Waals surface area contributed by atoms with Crippen molar-refractivity contribution in [3.05, 3.63) is 74.3 Å². The second-order valence-electron chi connectivity index (χ2n) is 14.6. The van der Waals surface area contributed by atoms with Crippen molar-refractivity contribution >= 4 is 51.9 Å². The number of nitrogens with one attached hydrogen (secondary N) is 3. The molecule has 0 bridgehead atoms. The normalized spacial score (nSPS) is 16.3. The van der Waals surface area contributed by atoms with E-state index in [4.69, 9.17) is 0 Å². The Balaban J connectivity index is 0.000000950. The summed E-state index contributed by atoms with van der Waals surface area (Å²) in [6.07, 6.45) is 2.16. The van der Waals surface area contributed by atoms with Crippen LogP contribution in [0, 0.1) is 0 Å². The number of aromatic nitrogens is 4. The Morgan fingerprint density at radius 2 is 1.00 bits per heavy atom. The first-order chi connectivity index (χ1) is 33.9. The first kappa shape index (κ1) is 70.1. The van der Waals surface area contributed by atoms with Crippen LogP contribution in [0.2, 0.25) is 0 Å². The van der Waals surface area contributed by atoms with Crippen LogP contribution in [0.4, 0.5) is 58.4 Å². The predicted molar refractivity (Wildman–Crippen MR) is 253 cm³/mol. The molecular formula is C39H59F12N9O11S4. The van der Waals surface area contributed by atoms with Gasteiger partial charge >= 0.3 is 62.3 Å². The average Bonchev–Trinajstić information content (AvgIpc) is 4.00. The zero-order valence-electron chi connectivity index (χ0n) is 40.8. The number of anilines is 1. The van der Waals surface area contributed by atoms with Crippen LogP contribution in [0.5, 0.6) is 5.88 Å². The zero-order valence-corrected chi connectivity index (χ0v) is 44.1. The number of halogens is 12. The van der Waals surface area contributed by atoms with E-state index in [9.17, 15) is 91.2 Å². The molecule has 3 N–H and O–H groups in total. The number of fused-ring (bicyclic) bond motifs is 2. The minimum Gasteiger partial charge on any atom is -0.355 e. The van der Waals surface area contributed by atoms with Crippen molar-refractivity contribution in [2.75, 3.05) is 57.6 Å². The Morgan fingerprint density at radius 3 is 1.47 bits per heavy atom. The maximum Gasteiger partial charge on any atom is 0.534 e. The number of aliphatic imine (C=N–C) groups is 1. The van der Waals surface area contributed by atoms with E-state index in [1.54, 1.807) is 14.1 Å². The molecule has 2 aromatic heterocycles. The monoisotopic (exact) mass is 1190 g/mol.